The number of benzene rings is 1. The Morgan fingerprint density at radius 1 is 1.29 bits per heavy atom. The average molecular weight is 228 g/mol. The van der Waals surface area contributed by atoms with E-state index in [0.29, 0.717) is 12.1 Å². The van der Waals surface area contributed by atoms with Crippen molar-refractivity contribution in [3.63, 3.8) is 0 Å². The number of carbonyl (C=O) groups is 1. The third kappa shape index (κ3) is 1.58. The number of carbonyl (C=O) groups excluding carboxylic acids is 1. The van der Waals surface area contributed by atoms with Crippen LogP contribution in [0, 0.1) is 0 Å². The summed E-state index contributed by atoms with van der Waals surface area (Å²) < 4.78 is 5.28. The Hall–Kier alpha value is -2.23. The molecule has 1 aromatic heterocycles. The molecule has 1 unspecified atom stereocenters. The first-order chi connectivity index (χ1) is 8.25. The molecule has 0 saturated carbocycles. The van der Waals surface area contributed by atoms with E-state index in [2.05, 4.69) is 5.32 Å². The number of furan rings is 1. The van der Waals surface area contributed by atoms with Crippen LogP contribution in [0.1, 0.15) is 17.2 Å². The molecule has 0 aliphatic carbocycles. The summed E-state index contributed by atoms with van der Waals surface area (Å²) in [5.41, 5.74) is 8.14. The topological polar surface area (TPSA) is 68.3 Å². The van der Waals surface area contributed by atoms with Crippen molar-refractivity contribution in [2.45, 2.75) is 12.3 Å². The van der Waals surface area contributed by atoms with Crippen LogP contribution < -0.4 is 11.1 Å². The lowest BCUT2D eigenvalue weighted by Gasteiger charge is -2.06. The third-order valence-electron chi connectivity index (χ3n) is 3.05. The van der Waals surface area contributed by atoms with Crippen LogP contribution in [0.2, 0.25) is 0 Å². The summed E-state index contributed by atoms with van der Waals surface area (Å²) in [5, 5.41) is 2.82. The number of fused-ring (bicyclic) bond motifs is 1. The maximum absolute atomic E-state index is 11.9. The Labute approximate surface area is 98.4 Å². The highest BCUT2D eigenvalue weighted by atomic mass is 16.3. The summed E-state index contributed by atoms with van der Waals surface area (Å²) >= 11 is 0. The highest BCUT2D eigenvalue weighted by molar-refractivity contribution is 6.05. The Morgan fingerprint density at radius 3 is 2.94 bits per heavy atom. The van der Waals surface area contributed by atoms with Gasteiger partial charge in [-0.15, -0.1) is 0 Å². The van der Waals surface area contributed by atoms with Gasteiger partial charge in [-0.2, -0.15) is 0 Å². The molecule has 1 atom stereocenters. The van der Waals surface area contributed by atoms with Gasteiger partial charge in [-0.3, -0.25) is 4.79 Å². The molecule has 3 N–H and O–H groups in total. The van der Waals surface area contributed by atoms with E-state index in [-0.39, 0.29) is 11.8 Å². The maximum Gasteiger partial charge on any atom is 0.232 e. The van der Waals surface area contributed by atoms with Crippen LogP contribution in [0.25, 0.3) is 0 Å². The van der Waals surface area contributed by atoms with Crippen LogP contribution >= 0.6 is 0 Å². The van der Waals surface area contributed by atoms with E-state index in [4.69, 9.17) is 10.2 Å². The van der Waals surface area contributed by atoms with Gasteiger partial charge in [0, 0.05) is 6.42 Å². The lowest BCUT2D eigenvalue weighted by molar-refractivity contribution is -0.117. The smallest absolute Gasteiger partial charge is 0.232 e. The number of nitrogens with one attached hydrogen (secondary N) is 1. The minimum absolute atomic E-state index is 0.0192. The molecule has 2 aromatic rings. The normalized spacial score (nSPS) is 17.9. The van der Waals surface area contributed by atoms with Gasteiger partial charge >= 0.3 is 0 Å². The molecule has 0 spiro atoms. The zero-order valence-electron chi connectivity index (χ0n) is 9.14. The minimum Gasteiger partial charge on any atom is -0.469 e. The second-order valence-electron chi connectivity index (χ2n) is 4.14. The fourth-order valence-corrected chi connectivity index (χ4v) is 2.21. The van der Waals surface area contributed by atoms with Crippen LogP contribution in [0.3, 0.4) is 0 Å². The molecule has 0 fully saturated rings. The van der Waals surface area contributed by atoms with Crippen LogP contribution in [-0.2, 0) is 11.2 Å². The van der Waals surface area contributed by atoms with Crippen LogP contribution in [0.5, 0.6) is 0 Å². The van der Waals surface area contributed by atoms with Crippen molar-refractivity contribution < 1.29 is 9.21 Å². The van der Waals surface area contributed by atoms with Crippen LogP contribution in [0.4, 0.5) is 11.4 Å². The fraction of sp³-hybridized carbons (Fsp3) is 0.154. The first-order valence-electron chi connectivity index (χ1n) is 5.47. The highest BCUT2D eigenvalue weighted by Gasteiger charge is 2.32. The Morgan fingerprint density at radius 2 is 2.18 bits per heavy atom. The molecule has 2 heterocycles. The standard InChI is InChI=1S/C13H12N2O2/c14-11-5-1-4-9-10(13(16)15-12(9)11)7-8-3-2-6-17-8/h1-6,10H,7,14H2,(H,15,16). The predicted octanol–water partition coefficient (Wildman–Crippen LogP) is 2.14. The second-order valence-corrected chi connectivity index (χ2v) is 4.14. The molecule has 0 radical (unpaired) electrons. The molecule has 1 aromatic carbocycles. The van der Waals surface area contributed by atoms with E-state index in [9.17, 15) is 4.79 Å². The van der Waals surface area contributed by atoms with E-state index in [1.165, 1.54) is 0 Å². The van der Waals surface area contributed by atoms with Crippen molar-refractivity contribution in [2.24, 2.45) is 0 Å². The molecule has 1 aliphatic heterocycles. The van der Waals surface area contributed by atoms with Gasteiger partial charge < -0.3 is 15.5 Å². The van der Waals surface area contributed by atoms with Crippen molar-refractivity contribution in [1.82, 2.24) is 0 Å². The van der Waals surface area contributed by atoms with E-state index in [1.807, 2.05) is 24.3 Å². The monoisotopic (exact) mass is 228 g/mol. The molecule has 3 rings (SSSR count). The van der Waals surface area contributed by atoms with Crippen molar-refractivity contribution in [3.8, 4) is 0 Å². The number of anilines is 2. The van der Waals surface area contributed by atoms with Gasteiger partial charge in [-0.25, -0.2) is 0 Å². The van der Waals surface area contributed by atoms with Crippen LogP contribution in [-0.4, -0.2) is 5.91 Å². The second kappa shape index (κ2) is 3.66. The zero-order chi connectivity index (χ0) is 11.8. The molecule has 1 aliphatic rings. The van der Waals surface area contributed by atoms with E-state index in [1.54, 1.807) is 12.3 Å². The number of nitrogens with two attached hydrogens (primary N) is 1. The summed E-state index contributed by atoms with van der Waals surface area (Å²) in [5.74, 6) is 0.578. The Kier molecular flexibility index (Phi) is 2.14. The summed E-state index contributed by atoms with van der Waals surface area (Å²) in [4.78, 5) is 11.9. The van der Waals surface area contributed by atoms with Crippen LogP contribution in [0.15, 0.2) is 41.0 Å². The molecule has 0 bridgehead atoms. The van der Waals surface area contributed by atoms with Crippen molar-refractivity contribution in [1.29, 1.82) is 0 Å². The highest BCUT2D eigenvalue weighted by Crippen LogP contribution is 2.38. The molecule has 0 saturated heterocycles. The summed E-state index contributed by atoms with van der Waals surface area (Å²) in [6.45, 7) is 0. The fourth-order valence-electron chi connectivity index (χ4n) is 2.21. The van der Waals surface area contributed by atoms with E-state index < -0.39 is 0 Å². The minimum atomic E-state index is -0.209. The molecular formula is C13H12N2O2. The summed E-state index contributed by atoms with van der Waals surface area (Å²) in [7, 11) is 0. The van der Waals surface area contributed by atoms with Gasteiger partial charge in [0.05, 0.1) is 23.6 Å². The first-order valence-corrected chi connectivity index (χ1v) is 5.47. The number of amides is 1. The zero-order valence-corrected chi connectivity index (χ0v) is 9.14. The predicted molar refractivity (Wildman–Crippen MR) is 64.6 cm³/mol. The molecule has 1 amide bonds. The van der Waals surface area contributed by atoms with Gasteiger partial charge in [0.2, 0.25) is 5.91 Å². The molecule has 4 nitrogen and oxygen atoms in total. The van der Waals surface area contributed by atoms with Gasteiger partial charge in [-0.1, -0.05) is 12.1 Å². The Bertz CT molecular complexity index is 561. The number of hydrogen-bond acceptors (Lipinski definition) is 3. The number of rotatable bonds is 2. The van der Waals surface area contributed by atoms with E-state index in [0.717, 1.165) is 17.0 Å². The number of hydrogen-bond donors (Lipinski definition) is 2. The quantitative estimate of drug-likeness (QED) is 0.774. The SMILES string of the molecule is Nc1cccc2c1NC(=O)C2Cc1ccco1. The maximum atomic E-state index is 11.9. The average Bonchev–Trinajstić information content (AvgIpc) is 2.91. The lowest BCUT2D eigenvalue weighted by atomic mass is 9.96. The van der Waals surface area contributed by atoms with Crippen molar-refractivity contribution in [2.75, 3.05) is 11.1 Å². The summed E-state index contributed by atoms with van der Waals surface area (Å²) in [6, 6.07) is 9.27. The van der Waals surface area contributed by atoms with Crippen molar-refractivity contribution >= 4 is 17.3 Å². The molecule has 17 heavy (non-hydrogen) atoms. The first kappa shape index (κ1) is 9.96. The largest absolute Gasteiger partial charge is 0.469 e. The molecular weight excluding hydrogens is 216 g/mol. The van der Waals surface area contributed by atoms with Gasteiger partial charge in [0.1, 0.15) is 5.76 Å². The number of para-hydroxylation sites is 1. The number of nitrogen functional groups attached to an aromatic ring is 1. The Balaban J connectivity index is 1.97. The lowest BCUT2D eigenvalue weighted by Crippen LogP contribution is -2.14. The summed E-state index contributed by atoms with van der Waals surface area (Å²) in [6.07, 6.45) is 2.18. The molecule has 86 valence electrons. The van der Waals surface area contributed by atoms with Crippen molar-refractivity contribution in [3.05, 3.63) is 47.9 Å². The van der Waals surface area contributed by atoms with Gasteiger partial charge in [-0.05, 0) is 23.8 Å². The van der Waals surface area contributed by atoms with Gasteiger partial charge in [0.15, 0.2) is 0 Å². The van der Waals surface area contributed by atoms with Gasteiger partial charge in [0.25, 0.3) is 0 Å². The molecule has 4 heteroatoms. The van der Waals surface area contributed by atoms with E-state index >= 15 is 0 Å². The third-order valence-corrected chi connectivity index (χ3v) is 3.05.